The van der Waals surface area contributed by atoms with E-state index in [1.165, 1.54) is 32.1 Å². The monoisotopic (exact) mass is 334 g/mol. The summed E-state index contributed by atoms with van der Waals surface area (Å²) in [4.78, 5) is 0. The molecule has 138 valence electrons. The lowest BCUT2D eigenvalue weighted by Crippen LogP contribution is -2.62. The smallest absolute Gasteiger partial charge is 0.0605 e. The van der Waals surface area contributed by atoms with Crippen LogP contribution in [0, 0.1) is 46.3 Å². The average molecular weight is 335 g/mol. The largest absolute Gasteiger partial charge is 0.393 e. The lowest BCUT2D eigenvalue weighted by Gasteiger charge is -2.64. The number of hydrogen-bond acceptors (Lipinski definition) is 2. The van der Waals surface area contributed by atoms with E-state index in [1.807, 2.05) is 0 Å². The highest BCUT2D eigenvalue weighted by molar-refractivity contribution is 5.12. The van der Waals surface area contributed by atoms with E-state index in [9.17, 15) is 10.2 Å². The summed E-state index contributed by atoms with van der Waals surface area (Å²) in [5, 5.41) is 21.8. The lowest BCUT2D eigenvalue weighted by atomic mass is 9.41. The van der Waals surface area contributed by atoms with Gasteiger partial charge in [-0.1, -0.05) is 34.1 Å². The maximum absolute atomic E-state index is 11.5. The van der Waals surface area contributed by atoms with Gasteiger partial charge in [-0.25, -0.2) is 0 Å². The molecule has 0 aromatic carbocycles. The van der Waals surface area contributed by atoms with E-state index in [4.69, 9.17) is 0 Å². The minimum Gasteiger partial charge on any atom is -0.393 e. The minimum atomic E-state index is -0.140. The number of rotatable bonds is 1. The van der Waals surface area contributed by atoms with E-state index in [0.29, 0.717) is 34.5 Å². The molecule has 4 saturated carbocycles. The number of hydrogen-bond donors (Lipinski definition) is 2. The van der Waals surface area contributed by atoms with Crippen LogP contribution in [-0.4, -0.2) is 22.4 Å². The van der Waals surface area contributed by atoms with Gasteiger partial charge in [0.05, 0.1) is 12.2 Å². The molecule has 2 heteroatoms. The Kier molecular flexibility index (Phi) is 4.12. The SMILES string of the molecule is CC[C@@H]1C2C[C@H](O)CCC2(C)C2CCC3(C)[C@H](C)CC[C@H]3[C@H]2[C@@H]1O. The molecule has 0 bridgehead atoms. The van der Waals surface area contributed by atoms with Crippen molar-refractivity contribution in [3.63, 3.8) is 0 Å². The molecule has 0 heterocycles. The zero-order valence-corrected chi connectivity index (χ0v) is 16.2. The Morgan fingerprint density at radius 3 is 2.25 bits per heavy atom. The highest BCUT2D eigenvalue weighted by atomic mass is 16.3. The molecular weight excluding hydrogens is 296 g/mol. The van der Waals surface area contributed by atoms with Crippen LogP contribution in [0.1, 0.15) is 79.1 Å². The van der Waals surface area contributed by atoms with Crippen LogP contribution in [0.25, 0.3) is 0 Å². The van der Waals surface area contributed by atoms with Gasteiger partial charge in [0.15, 0.2) is 0 Å². The number of aliphatic hydroxyl groups is 2. The van der Waals surface area contributed by atoms with Crippen LogP contribution in [0.3, 0.4) is 0 Å². The van der Waals surface area contributed by atoms with Gasteiger partial charge in [-0.3, -0.25) is 0 Å². The average Bonchev–Trinajstić information content (AvgIpc) is 2.85. The van der Waals surface area contributed by atoms with Crippen LogP contribution in [-0.2, 0) is 0 Å². The van der Waals surface area contributed by atoms with Crippen molar-refractivity contribution in [2.24, 2.45) is 46.3 Å². The van der Waals surface area contributed by atoms with Gasteiger partial charge in [0, 0.05) is 0 Å². The van der Waals surface area contributed by atoms with Crippen LogP contribution in [0.15, 0.2) is 0 Å². The van der Waals surface area contributed by atoms with E-state index in [2.05, 4.69) is 27.7 Å². The fraction of sp³-hybridized carbons (Fsp3) is 1.00. The topological polar surface area (TPSA) is 40.5 Å². The Bertz CT molecular complexity index is 490. The first-order chi connectivity index (χ1) is 11.3. The molecule has 4 aliphatic rings. The third-order valence-electron chi connectivity index (χ3n) is 9.86. The summed E-state index contributed by atoms with van der Waals surface area (Å²) in [5.41, 5.74) is 0.800. The summed E-state index contributed by atoms with van der Waals surface area (Å²) in [6.07, 6.45) is 9.20. The zero-order chi connectivity index (χ0) is 17.3. The Morgan fingerprint density at radius 2 is 1.54 bits per heavy atom. The number of fused-ring (bicyclic) bond motifs is 5. The molecule has 4 unspecified atom stereocenters. The van der Waals surface area contributed by atoms with E-state index in [-0.39, 0.29) is 12.2 Å². The van der Waals surface area contributed by atoms with Gasteiger partial charge in [0.1, 0.15) is 0 Å². The first-order valence-electron chi connectivity index (χ1n) is 10.7. The molecule has 10 atom stereocenters. The van der Waals surface area contributed by atoms with Crippen molar-refractivity contribution >= 4 is 0 Å². The summed E-state index contributed by atoms with van der Waals surface area (Å²) in [5.74, 6) is 3.64. The van der Waals surface area contributed by atoms with Crippen molar-refractivity contribution in [1.29, 1.82) is 0 Å². The van der Waals surface area contributed by atoms with Crippen molar-refractivity contribution in [2.45, 2.75) is 91.3 Å². The highest BCUT2D eigenvalue weighted by Crippen LogP contribution is 2.68. The predicted molar refractivity (Wildman–Crippen MR) is 97.5 cm³/mol. The molecule has 0 spiro atoms. The van der Waals surface area contributed by atoms with Crippen LogP contribution in [0.4, 0.5) is 0 Å². The fourth-order valence-electron chi connectivity index (χ4n) is 8.22. The molecule has 2 N–H and O–H groups in total. The highest BCUT2D eigenvalue weighted by Gasteiger charge is 2.63. The normalized spacial score (nSPS) is 60.2. The van der Waals surface area contributed by atoms with Crippen LogP contribution >= 0.6 is 0 Å². The van der Waals surface area contributed by atoms with Crippen molar-refractivity contribution < 1.29 is 10.2 Å². The maximum atomic E-state index is 11.5. The molecule has 0 saturated heterocycles. The molecule has 4 aliphatic carbocycles. The Morgan fingerprint density at radius 1 is 0.875 bits per heavy atom. The van der Waals surface area contributed by atoms with Gasteiger partial charge in [-0.15, -0.1) is 0 Å². The second kappa shape index (κ2) is 5.71. The Labute approximate surface area is 148 Å². The maximum Gasteiger partial charge on any atom is 0.0605 e. The van der Waals surface area contributed by atoms with Crippen molar-refractivity contribution in [2.75, 3.05) is 0 Å². The second-order valence-electron chi connectivity index (χ2n) is 10.4. The minimum absolute atomic E-state index is 0.138. The third-order valence-corrected chi connectivity index (χ3v) is 9.86. The van der Waals surface area contributed by atoms with Gasteiger partial charge in [-0.2, -0.15) is 0 Å². The second-order valence-corrected chi connectivity index (χ2v) is 10.4. The van der Waals surface area contributed by atoms with Crippen LogP contribution < -0.4 is 0 Å². The van der Waals surface area contributed by atoms with Crippen LogP contribution in [0.2, 0.25) is 0 Å². The quantitative estimate of drug-likeness (QED) is 0.734. The standard InChI is InChI=1S/C22H38O2/c1-5-15-18-12-14(23)8-10-22(18,4)17-9-11-21(3)13(2)6-7-16(21)19(17)20(15)24/h13-20,23-24H,5-12H2,1-4H3/t13-,14-,15-,16+,17?,18?,19-,20-,21?,22?/m1/s1. The van der Waals surface area contributed by atoms with Gasteiger partial charge in [-0.05, 0) is 91.3 Å². The molecular formula is C22H38O2. The van der Waals surface area contributed by atoms with E-state index >= 15 is 0 Å². The first kappa shape index (κ1) is 17.3. The zero-order valence-electron chi connectivity index (χ0n) is 16.2. The Hall–Kier alpha value is -0.0800. The third kappa shape index (κ3) is 2.14. The van der Waals surface area contributed by atoms with Gasteiger partial charge < -0.3 is 10.2 Å². The molecule has 24 heavy (non-hydrogen) atoms. The van der Waals surface area contributed by atoms with Crippen LogP contribution in [0.5, 0.6) is 0 Å². The first-order valence-corrected chi connectivity index (χ1v) is 10.7. The molecule has 0 aromatic rings. The van der Waals surface area contributed by atoms with E-state index in [0.717, 1.165) is 31.1 Å². The molecule has 2 nitrogen and oxygen atoms in total. The number of aliphatic hydroxyl groups excluding tert-OH is 2. The van der Waals surface area contributed by atoms with Crippen molar-refractivity contribution in [3.05, 3.63) is 0 Å². The van der Waals surface area contributed by atoms with E-state index in [1.54, 1.807) is 0 Å². The van der Waals surface area contributed by atoms with Crippen molar-refractivity contribution in [1.82, 2.24) is 0 Å². The summed E-state index contributed by atoms with van der Waals surface area (Å²) < 4.78 is 0. The summed E-state index contributed by atoms with van der Waals surface area (Å²) in [7, 11) is 0. The Balaban J connectivity index is 1.73. The molecule has 0 aromatic heterocycles. The summed E-state index contributed by atoms with van der Waals surface area (Å²) in [6.45, 7) is 9.76. The lowest BCUT2D eigenvalue weighted by molar-refractivity contribution is -0.201. The fourth-order valence-corrected chi connectivity index (χ4v) is 8.22. The molecule has 0 amide bonds. The van der Waals surface area contributed by atoms with Gasteiger partial charge >= 0.3 is 0 Å². The molecule has 4 rings (SSSR count). The van der Waals surface area contributed by atoms with E-state index < -0.39 is 0 Å². The molecule has 0 radical (unpaired) electrons. The molecule has 0 aliphatic heterocycles. The summed E-state index contributed by atoms with van der Waals surface area (Å²) in [6, 6.07) is 0. The van der Waals surface area contributed by atoms with Gasteiger partial charge in [0.2, 0.25) is 0 Å². The summed E-state index contributed by atoms with van der Waals surface area (Å²) >= 11 is 0. The molecule has 4 fully saturated rings. The van der Waals surface area contributed by atoms with Crippen molar-refractivity contribution in [3.8, 4) is 0 Å². The van der Waals surface area contributed by atoms with Gasteiger partial charge in [0.25, 0.3) is 0 Å². The predicted octanol–water partition coefficient (Wildman–Crippen LogP) is 4.63.